The normalized spacial score (nSPS) is 21.9. The highest BCUT2D eigenvalue weighted by atomic mass is 32.2. The molecule has 1 unspecified atom stereocenters. The Bertz CT molecular complexity index is 799. The first-order valence-corrected chi connectivity index (χ1v) is 11.2. The molecule has 1 aromatic carbocycles. The fourth-order valence-corrected chi connectivity index (χ4v) is 4.65. The smallest absolute Gasteiger partial charge is 0.246 e. The summed E-state index contributed by atoms with van der Waals surface area (Å²) >= 11 is 0. The number of carbonyl (C=O) groups excluding carboxylic acids is 2. The van der Waals surface area contributed by atoms with Crippen LogP contribution >= 0.6 is 0 Å². The molecule has 2 fully saturated rings. The van der Waals surface area contributed by atoms with Crippen LogP contribution in [0, 0.1) is 0 Å². The molecule has 3 rings (SSSR count). The predicted octanol–water partition coefficient (Wildman–Crippen LogP) is 1.19. The summed E-state index contributed by atoms with van der Waals surface area (Å²) in [5.74, 6) is -0.112. The molecule has 1 atom stereocenters. The van der Waals surface area contributed by atoms with Crippen LogP contribution in [0.3, 0.4) is 0 Å². The number of benzene rings is 1. The second-order valence-corrected chi connectivity index (χ2v) is 9.34. The van der Waals surface area contributed by atoms with Crippen molar-refractivity contribution < 1.29 is 18.0 Å². The van der Waals surface area contributed by atoms with Gasteiger partial charge in [0, 0.05) is 31.4 Å². The number of hydrogen-bond donors (Lipinski definition) is 1. The number of nitrogens with one attached hydrogen (secondary N) is 1. The monoisotopic (exact) mass is 393 g/mol. The van der Waals surface area contributed by atoms with Crippen LogP contribution in [0.2, 0.25) is 0 Å². The van der Waals surface area contributed by atoms with Gasteiger partial charge in [0.15, 0.2) is 9.84 Å². The van der Waals surface area contributed by atoms with Gasteiger partial charge in [0.2, 0.25) is 11.8 Å². The van der Waals surface area contributed by atoms with Gasteiger partial charge in [-0.2, -0.15) is 0 Å². The first kappa shape index (κ1) is 19.8. The standard InChI is InChI=1S/C19H27N3O4S/c1-3-22-18(23)13-17(19(22)24)20-14-9-11-21(12-10-14)15-5-7-16(8-6-15)27(25,26)4-2/h5-8,14,17,20H,3-4,9-13H2,1-2H3. The van der Waals surface area contributed by atoms with Crippen LogP contribution in [-0.4, -0.2) is 62.6 Å². The van der Waals surface area contributed by atoms with Gasteiger partial charge in [0.25, 0.3) is 0 Å². The van der Waals surface area contributed by atoms with Gasteiger partial charge in [0.05, 0.1) is 23.1 Å². The molecule has 0 aliphatic carbocycles. The number of piperidine rings is 1. The molecule has 0 radical (unpaired) electrons. The second-order valence-electron chi connectivity index (χ2n) is 7.06. The van der Waals surface area contributed by atoms with E-state index in [2.05, 4.69) is 10.2 Å². The molecule has 1 N–H and O–H groups in total. The van der Waals surface area contributed by atoms with Crippen molar-refractivity contribution in [1.29, 1.82) is 0 Å². The maximum Gasteiger partial charge on any atom is 0.246 e. The summed E-state index contributed by atoms with van der Waals surface area (Å²) in [5, 5.41) is 3.35. The minimum Gasteiger partial charge on any atom is -0.371 e. The molecule has 8 heteroatoms. The van der Waals surface area contributed by atoms with Gasteiger partial charge in [-0.3, -0.25) is 14.5 Å². The third kappa shape index (κ3) is 4.16. The highest BCUT2D eigenvalue weighted by Gasteiger charge is 2.38. The average molecular weight is 394 g/mol. The molecular weight excluding hydrogens is 366 g/mol. The zero-order chi connectivity index (χ0) is 19.6. The van der Waals surface area contributed by atoms with Crippen molar-refractivity contribution in [3.05, 3.63) is 24.3 Å². The number of likely N-dealkylation sites (N-methyl/N-ethyl adjacent to an activating group) is 1. The fraction of sp³-hybridized carbons (Fsp3) is 0.579. The van der Waals surface area contributed by atoms with Crippen molar-refractivity contribution in [1.82, 2.24) is 10.2 Å². The third-order valence-electron chi connectivity index (χ3n) is 5.43. The zero-order valence-corrected chi connectivity index (χ0v) is 16.7. The van der Waals surface area contributed by atoms with E-state index in [1.807, 2.05) is 19.1 Å². The first-order chi connectivity index (χ1) is 12.9. The van der Waals surface area contributed by atoms with Crippen molar-refractivity contribution in [2.45, 2.75) is 50.1 Å². The Hall–Kier alpha value is -1.93. The van der Waals surface area contributed by atoms with Gasteiger partial charge in [-0.05, 0) is 44.0 Å². The number of hydrogen-bond acceptors (Lipinski definition) is 6. The molecule has 148 valence electrons. The highest BCUT2D eigenvalue weighted by molar-refractivity contribution is 7.91. The lowest BCUT2D eigenvalue weighted by Gasteiger charge is -2.35. The molecule has 0 aromatic heterocycles. The molecule has 2 aliphatic heterocycles. The van der Waals surface area contributed by atoms with Gasteiger partial charge in [-0.15, -0.1) is 0 Å². The minimum absolute atomic E-state index is 0.0976. The average Bonchev–Trinajstić information content (AvgIpc) is 2.95. The fourth-order valence-electron chi connectivity index (χ4n) is 3.77. The third-order valence-corrected chi connectivity index (χ3v) is 7.18. The van der Waals surface area contributed by atoms with E-state index < -0.39 is 15.9 Å². The molecule has 2 saturated heterocycles. The molecule has 27 heavy (non-hydrogen) atoms. The van der Waals surface area contributed by atoms with E-state index in [4.69, 9.17) is 0 Å². The largest absolute Gasteiger partial charge is 0.371 e. The summed E-state index contributed by atoms with van der Waals surface area (Å²) in [6.07, 6.45) is 2.00. The number of rotatable bonds is 6. The summed E-state index contributed by atoms with van der Waals surface area (Å²) in [6.45, 7) is 5.53. The predicted molar refractivity (Wildman–Crippen MR) is 103 cm³/mol. The number of sulfone groups is 1. The van der Waals surface area contributed by atoms with E-state index in [1.165, 1.54) is 4.90 Å². The van der Waals surface area contributed by atoms with Crippen LogP contribution < -0.4 is 10.2 Å². The highest BCUT2D eigenvalue weighted by Crippen LogP contribution is 2.23. The molecule has 2 aliphatic rings. The Morgan fingerprint density at radius 2 is 1.70 bits per heavy atom. The molecule has 7 nitrogen and oxygen atoms in total. The Kier molecular flexibility index (Phi) is 5.86. The summed E-state index contributed by atoms with van der Waals surface area (Å²) in [5.41, 5.74) is 1.01. The van der Waals surface area contributed by atoms with Crippen LogP contribution in [0.25, 0.3) is 0 Å². The van der Waals surface area contributed by atoms with E-state index >= 15 is 0 Å². The number of anilines is 1. The molecule has 0 bridgehead atoms. The SMILES string of the molecule is CCN1C(=O)CC(NC2CCN(c3ccc(S(=O)(=O)CC)cc3)CC2)C1=O. The maximum absolute atomic E-state index is 12.2. The summed E-state index contributed by atoms with van der Waals surface area (Å²) in [4.78, 5) is 28.0. The number of carbonyl (C=O) groups is 2. The second kappa shape index (κ2) is 7.98. The van der Waals surface area contributed by atoms with E-state index in [0.29, 0.717) is 11.4 Å². The minimum atomic E-state index is -3.18. The number of likely N-dealkylation sites (tertiary alicyclic amines) is 1. The van der Waals surface area contributed by atoms with E-state index in [0.717, 1.165) is 31.6 Å². The van der Waals surface area contributed by atoms with Crippen LogP contribution in [0.5, 0.6) is 0 Å². The molecule has 0 saturated carbocycles. The van der Waals surface area contributed by atoms with Gasteiger partial charge in [-0.25, -0.2) is 8.42 Å². The zero-order valence-electron chi connectivity index (χ0n) is 15.8. The summed E-state index contributed by atoms with van der Waals surface area (Å²) in [7, 11) is -3.18. The molecule has 1 aromatic rings. The van der Waals surface area contributed by atoms with E-state index in [1.54, 1.807) is 19.1 Å². The first-order valence-electron chi connectivity index (χ1n) is 9.53. The van der Waals surface area contributed by atoms with Crippen molar-refractivity contribution in [2.24, 2.45) is 0 Å². The maximum atomic E-state index is 12.2. The lowest BCUT2D eigenvalue weighted by atomic mass is 10.0. The molecule has 2 heterocycles. The number of imide groups is 1. The van der Waals surface area contributed by atoms with Gasteiger partial charge >= 0.3 is 0 Å². The van der Waals surface area contributed by atoms with E-state index in [9.17, 15) is 18.0 Å². The van der Waals surface area contributed by atoms with Crippen LogP contribution in [-0.2, 0) is 19.4 Å². The van der Waals surface area contributed by atoms with Crippen molar-refractivity contribution >= 4 is 27.3 Å². The van der Waals surface area contributed by atoms with Crippen LogP contribution in [0.4, 0.5) is 5.69 Å². The van der Waals surface area contributed by atoms with Gasteiger partial charge in [0.1, 0.15) is 0 Å². The van der Waals surface area contributed by atoms with E-state index in [-0.39, 0.29) is 30.0 Å². The number of nitrogens with zero attached hydrogens (tertiary/aromatic N) is 2. The Balaban J connectivity index is 1.55. The summed E-state index contributed by atoms with van der Waals surface area (Å²) in [6, 6.07) is 6.86. The molecular formula is C19H27N3O4S. The lowest BCUT2D eigenvalue weighted by Crippen LogP contribution is -2.48. The van der Waals surface area contributed by atoms with Gasteiger partial charge < -0.3 is 10.2 Å². The lowest BCUT2D eigenvalue weighted by molar-refractivity contribution is -0.138. The van der Waals surface area contributed by atoms with Crippen molar-refractivity contribution in [3.8, 4) is 0 Å². The molecule has 0 spiro atoms. The Labute approximate surface area is 160 Å². The van der Waals surface area contributed by atoms with Crippen LogP contribution in [0.15, 0.2) is 29.2 Å². The van der Waals surface area contributed by atoms with Gasteiger partial charge in [-0.1, -0.05) is 6.92 Å². The Morgan fingerprint density at radius 1 is 1.07 bits per heavy atom. The topological polar surface area (TPSA) is 86.8 Å². The Morgan fingerprint density at radius 3 is 2.22 bits per heavy atom. The van der Waals surface area contributed by atoms with Crippen molar-refractivity contribution in [2.75, 3.05) is 30.3 Å². The quantitative estimate of drug-likeness (QED) is 0.731. The number of amides is 2. The molecule has 2 amide bonds. The summed E-state index contributed by atoms with van der Waals surface area (Å²) < 4.78 is 23.8. The van der Waals surface area contributed by atoms with Crippen molar-refractivity contribution in [3.63, 3.8) is 0 Å². The van der Waals surface area contributed by atoms with Crippen LogP contribution in [0.1, 0.15) is 33.1 Å².